The van der Waals surface area contributed by atoms with E-state index in [9.17, 15) is 9.59 Å². The maximum absolute atomic E-state index is 12.9. The Hall–Kier alpha value is -3.19. The first kappa shape index (κ1) is 19.8. The Balaban J connectivity index is 1.15. The molecule has 7 nitrogen and oxygen atoms in total. The number of aromatic amines is 1. The summed E-state index contributed by atoms with van der Waals surface area (Å²) in [4.78, 5) is 29.6. The second-order valence-electron chi connectivity index (χ2n) is 8.54. The van der Waals surface area contributed by atoms with Crippen LogP contribution in [0, 0.1) is 5.92 Å². The lowest BCUT2D eigenvalue weighted by Gasteiger charge is -2.32. The number of nitrogens with zero attached hydrogens (tertiary/aromatic N) is 3. The fourth-order valence-corrected chi connectivity index (χ4v) is 4.64. The van der Waals surface area contributed by atoms with Crippen LogP contribution in [0.5, 0.6) is 0 Å². The predicted octanol–water partition coefficient (Wildman–Crippen LogP) is 2.70. The van der Waals surface area contributed by atoms with Crippen LogP contribution in [-0.2, 0) is 16.1 Å². The number of carbonyl (C=O) groups is 2. The van der Waals surface area contributed by atoms with Crippen molar-refractivity contribution in [3.63, 3.8) is 0 Å². The van der Waals surface area contributed by atoms with Crippen LogP contribution < -0.4 is 10.2 Å². The second-order valence-corrected chi connectivity index (χ2v) is 8.54. The Bertz CT molecular complexity index is 1070. The highest BCUT2D eigenvalue weighted by atomic mass is 16.2. The number of piperidine rings is 1. The van der Waals surface area contributed by atoms with Crippen molar-refractivity contribution in [2.45, 2.75) is 31.8 Å². The van der Waals surface area contributed by atoms with Gasteiger partial charge in [0.2, 0.25) is 11.8 Å². The standard InChI is InChI=1S/C24H27N5O2/c30-22-14-18(16-29(22)23-20-8-4-5-9-21(20)26-27-23)24(31)25-19-10-12-28(13-11-19)15-17-6-2-1-3-7-17/h1-9,18-19H,10-16H2,(H,25,31)(H,26,27)/t18-/m0/s1. The smallest absolute Gasteiger partial charge is 0.229 e. The predicted molar refractivity (Wildman–Crippen MR) is 119 cm³/mol. The molecule has 1 atom stereocenters. The average molecular weight is 418 g/mol. The number of aromatic nitrogens is 2. The molecule has 0 aliphatic carbocycles. The van der Waals surface area contributed by atoms with Crippen molar-refractivity contribution in [1.82, 2.24) is 20.4 Å². The van der Waals surface area contributed by atoms with Crippen LogP contribution in [0.15, 0.2) is 54.6 Å². The normalized spacial score (nSPS) is 20.5. The highest BCUT2D eigenvalue weighted by Gasteiger charge is 2.37. The summed E-state index contributed by atoms with van der Waals surface area (Å²) in [5.74, 6) is 0.225. The number of rotatable bonds is 5. The monoisotopic (exact) mass is 417 g/mol. The Morgan fingerprint density at radius 1 is 1.06 bits per heavy atom. The van der Waals surface area contributed by atoms with Crippen molar-refractivity contribution in [3.8, 4) is 0 Å². The summed E-state index contributed by atoms with van der Waals surface area (Å²) in [5, 5.41) is 11.4. The van der Waals surface area contributed by atoms with Crippen molar-refractivity contribution in [1.29, 1.82) is 0 Å². The van der Waals surface area contributed by atoms with E-state index in [1.807, 2.05) is 30.3 Å². The number of hydrogen-bond donors (Lipinski definition) is 2. The van der Waals surface area contributed by atoms with Gasteiger partial charge in [-0.3, -0.25) is 24.5 Å². The van der Waals surface area contributed by atoms with E-state index in [2.05, 4.69) is 44.7 Å². The van der Waals surface area contributed by atoms with E-state index in [0.717, 1.165) is 43.4 Å². The first-order valence-corrected chi connectivity index (χ1v) is 11.0. The molecule has 2 N–H and O–H groups in total. The Morgan fingerprint density at radius 3 is 2.61 bits per heavy atom. The third-order valence-corrected chi connectivity index (χ3v) is 6.38. The van der Waals surface area contributed by atoms with Crippen LogP contribution in [0.25, 0.3) is 10.9 Å². The molecule has 2 aliphatic rings. The summed E-state index contributed by atoms with van der Waals surface area (Å²) in [6.45, 7) is 3.27. The molecule has 0 radical (unpaired) electrons. The summed E-state index contributed by atoms with van der Waals surface area (Å²) in [7, 11) is 0. The van der Waals surface area contributed by atoms with Gasteiger partial charge in [0.15, 0.2) is 5.82 Å². The van der Waals surface area contributed by atoms with Crippen LogP contribution in [0.1, 0.15) is 24.8 Å². The number of carbonyl (C=O) groups excluding carboxylic acids is 2. The van der Waals surface area contributed by atoms with Crippen molar-refractivity contribution in [3.05, 3.63) is 60.2 Å². The zero-order valence-electron chi connectivity index (χ0n) is 17.5. The summed E-state index contributed by atoms with van der Waals surface area (Å²) in [6, 6.07) is 18.4. The zero-order valence-corrected chi connectivity index (χ0v) is 17.5. The second kappa shape index (κ2) is 8.51. The molecule has 2 aromatic carbocycles. The fraction of sp³-hybridized carbons (Fsp3) is 0.375. The number of nitrogens with one attached hydrogen (secondary N) is 2. The van der Waals surface area contributed by atoms with Gasteiger partial charge in [-0.1, -0.05) is 42.5 Å². The van der Waals surface area contributed by atoms with Gasteiger partial charge < -0.3 is 5.32 Å². The van der Waals surface area contributed by atoms with Crippen LogP contribution in [-0.4, -0.2) is 52.6 Å². The van der Waals surface area contributed by atoms with Gasteiger partial charge in [-0.25, -0.2) is 0 Å². The molecule has 1 aromatic heterocycles. The maximum Gasteiger partial charge on any atom is 0.229 e. The van der Waals surface area contributed by atoms with Crippen LogP contribution in [0.4, 0.5) is 5.82 Å². The molecule has 31 heavy (non-hydrogen) atoms. The minimum Gasteiger partial charge on any atom is -0.353 e. The molecule has 0 unspecified atom stereocenters. The van der Waals surface area contributed by atoms with Crippen molar-refractivity contribution < 1.29 is 9.59 Å². The Labute approximate surface area is 181 Å². The summed E-state index contributed by atoms with van der Waals surface area (Å²) < 4.78 is 0. The lowest BCUT2D eigenvalue weighted by atomic mass is 10.0. The molecule has 2 saturated heterocycles. The molecular formula is C24H27N5O2. The van der Waals surface area contributed by atoms with E-state index >= 15 is 0 Å². The molecule has 3 heterocycles. The van der Waals surface area contributed by atoms with Crippen LogP contribution in [0.2, 0.25) is 0 Å². The van der Waals surface area contributed by atoms with Gasteiger partial charge in [-0.15, -0.1) is 0 Å². The molecule has 2 aliphatic heterocycles. The third kappa shape index (κ3) is 4.18. The van der Waals surface area contributed by atoms with Gasteiger partial charge in [0, 0.05) is 44.0 Å². The third-order valence-electron chi connectivity index (χ3n) is 6.38. The molecule has 5 rings (SSSR count). The fourth-order valence-electron chi connectivity index (χ4n) is 4.64. The number of likely N-dealkylation sites (tertiary alicyclic amines) is 1. The number of fused-ring (bicyclic) bond motifs is 1. The minimum absolute atomic E-state index is 0.0165. The molecule has 3 aromatic rings. The van der Waals surface area contributed by atoms with E-state index < -0.39 is 0 Å². The number of H-pyrrole nitrogens is 1. The van der Waals surface area contributed by atoms with Crippen LogP contribution in [0.3, 0.4) is 0 Å². The largest absolute Gasteiger partial charge is 0.353 e. The van der Waals surface area contributed by atoms with E-state index in [4.69, 9.17) is 0 Å². The zero-order chi connectivity index (χ0) is 21.2. The quantitative estimate of drug-likeness (QED) is 0.669. The summed E-state index contributed by atoms with van der Waals surface area (Å²) >= 11 is 0. The molecule has 0 spiro atoms. The summed E-state index contributed by atoms with van der Waals surface area (Å²) in [6.07, 6.45) is 2.11. The first-order valence-electron chi connectivity index (χ1n) is 11.0. The Morgan fingerprint density at radius 2 is 1.81 bits per heavy atom. The van der Waals surface area contributed by atoms with Gasteiger partial charge >= 0.3 is 0 Å². The molecule has 2 amide bonds. The van der Waals surface area contributed by atoms with E-state index in [1.54, 1.807) is 4.90 Å². The number of amides is 2. The van der Waals surface area contributed by atoms with Gasteiger partial charge in [-0.2, -0.15) is 5.10 Å². The topological polar surface area (TPSA) is 81.3 Å². The Kier molecular flexibility index (Phi) is 5.42. The maximum atomic E-state index is 12.9. The molecular weight excluding hydrogens is 390 g/mol. The highest BCUT2D eigenvalue weighted by molar-refractivity contribution is 6.05. The number of benzene rings is 2. The number of hydrogen-bond acceptors (Lipinski definition) is 4. The molecule has 0 bridgehead atoms. The molecule has 7 heteroatoms. The highest BCUT2D eigenvalue weighted by Crippen LogP contribution is 2.29. The van der Waals surface area contributed by atoms with Crippen molar-refractivity contribution >= 4 is 28.5 Å². The molecule has 160 valence electrons. The van der Waals surface area contributed by atoms with E-state index in [0.29, 0.717) is 12.4 Å². The van der Waals surface area contributed by atoms with Gasteiger partial charge in [-0.05, 0) is 30.5 Å². The number of para-hydroxylation sites is 1. The van der Waals surface area contributed by atoms with Gasteiger partial charge in [0.1, 0.15) is 0 Å². The lowest BCUT2D eigenvalue weighted by molar-refractivity contribution is -0.127. The average Bonchev–Trinajstić information content (AvgIpc) is 3.39. The van der Waals surface area contributed by atoms with Crippen molar-refractivity contribution in [2.75, 3.05) is 24.5 Å². The van der Waals surface area contributed by atoms with E-state index in [-0.39, 0.29) is 30.2 Å². The molecule has 0 saturated carbocycles. The SMILES string of the molecule is O=C(NC1CCN(Cc2ccccc2)CC1)[C@H]1CC(=O)N(c2n[nH]c3ccccc23)C1. The molecule has 2 fully saturated rings. The van der Waals surface area contributed by atoms with Crippen molar-refractivity contribution in [2.24, 2.45) is 5.92 Å². The van der Waals surface area contributed by atoms with E-state index in [1.165, 1.54) is 5.56 Å². The van der Waals surface area contributed by atoms with Gasteiger partial charge in [0.05, 0.1) is 11.4 Å². The number of anilines is 1. The minimum atomic E-state index is -0.328. The van der Waals surface area contributed by atoms with Gasteiger partial charge in [0.25, 0.3) is 0 Å². The summed E-state index contributed by atoms with van der Waals surface area (Å²) in [5.41, 5.74) is 2.21. The lowest BCUT2D eigenvalue weighted by Crippen LogP contribution is -2.46. The van der Waals surface area contributed by atoms with Crippen LogP contribution >= 0.6 is 0 Å². The first-order chi connectivity index (χ1) is 15.2.